The molecular formula is C13H8FN2. The molecule has 0 fully saturated rings. The van der Waals surface area contributed by atoms with Crippen LogP contribution in [0.1, 0.15) is 0 Å². The van der Waals surface area contributed by atoms with Crippen molar-refractivity contribution in [2.45, 2.75) is 0 Å². The summed E-state index contributed by atoms with van der Waals surface area (Å²) in [6.07, 6.45) is 1.48. The fraction of sp³-hybridized carbons (Fsp3) is 0. The summed E-state index contributed by atoms with van der Waals surface area (Å²) in [6.45, 7) is 0. The van der Waals surface area contributed by atoms with Gasteiger partial charge in [-0.1, -0.05) is 30.3 Å². The third kappa shape index (κ3) is 1.29. The van der Waals surface area contributed by atoms with Gasteiger partial charge in [0.1, 0.15) is 11.3 Å². The molecule has 0 bridgehead atoms. The molecule has 0 atom stereocenters. The van der Waals surface area contributed by atoms with E-state index >= 15 is 0 Å². The molecule has 2 nitrogen and oxygen atoms in total. The first-order valence-electron chi connectivity index (χ1n) is 4.95. The van der Waals surface area contributed by atoms with Crippen molar-refractivity contribution in [3.8, 4) is 11.3 Å². The van der Waals surface area contributed by atoms with Gasteiger partial charge in [0, 0.05) is 11.6 Å². The van der Waals surface area contributed by atoms with Crippen molar-refractivity contribution in [2.24, 2.45) is 0 Å². The zero-order valence-electron chi connectivity index (χ0n) is 8.39. The lowest BCUT2D eigenvalue weighted by atomic mass is 10.1. The highest BCUT2D eigenvalue weighted by Crippen LogP contribution is 2.21. The standard InChI is InChI=1S/C13H8FN2/c14-11-6-7-12(10-4-2-1-3-5-10)16-13(11)8-9-15-16/h1-7,9H. The molecule has 0 amide bonds. The second-order valence-electron chi connectivity index (χ2n) is 3.48. The Labute approximate surface area is 92.0 Å². The molecule has 0 saturated heterocycles. The Morgan fingerprint density at radius 1 is 1.06 bits per heavy atom. The summed E-state index contributed by atoms with van der Waals surface area (Å²) in [6, 6.07) is 15.7. The number of hydrogen-bond acceptors (Lipinski definition) is 1. The zero-order chi connectivity index (χ0) is 11.0. The SMILES string of the molecule is Fc1ccc(-c2ccccc2)n2nc[c]c12. The molecule has 3 heteroatoms. The van der Waals surface area contributed by atoms with Crippen LogP contribution < -0.4 is 0 Å². The van der Waals surface area contributed by atoms with Gasteiger partial charge in [0.25, 0.3) is 0 Å². The van der Waals surface area contributed by atoms with E-state index in [9.17, 15) is 4.39 Å². The lowest BCUT2D eigenvalue weighted by molar-refractivity contribution is 0.631. The number of nitrogens with zero attached hydrogens (tertiary/aromatic N) is 2. The van der Waals surface area contributed by atoms with Crippen molar-refractivity contribution in [1.82, 2.24) is 9.61 Å². The number of rotatable bonds is 1. The molecular weight excluding hydrogens is 203 g/mol. The normalized spacial score (nSPS) is 10.8. The molecule has 16 heavy (non-hydrogen) atoms. The molecule has 2 heterocycles. The van der Waals surface area contributed by atoms with Gasteiger partial charge < -0.3 is 0 Å². The van der Waals surface area contributed by atoms with E-state index in [0.29, 0.717) is 5.52 Å². The first kappa shape index (κ1) is 9.09. The second kappa shape index (κ2) is 3.45. The van der Waals surface area contributed by atoms with Gasteiger partial charge in [-0.15, -0.1) is 0 Å². The quantitative estimate of drug-likeness (QED) is 0.605. The van der Waals surface area contributed by atoms with Crippen LogP contribution >= 0.6 is 0 Å². The van der Waals surface area contributed by atoms with Crippen molar-refractivity contribution in [1.29, 1.82) is 0 Å². The maximum atomic E-state index is 13.4. The van der Waals surface area contributed by atoms with E-state index in [0.717, 1.165) is 11.3 Å². The molecule has 3 rings (SSSR count). The Hall–Kier alpha value is -2.16. The fourth-order valence-corrected chi connectivity index (χ4v) is 1.75. The molecule has 0 aliphatic carbocycles. The number of pyridine rings is 1. The van der Waals surface area contributed by atoms with Gasteiger partial charge in [0.15, 0.2) is 0 Å². The van der Waals surface area contributed by atoms with Crippen molar-refractivity contribution in [3.05, 3.63) is 60.5 Å². The Balaban J connectivity index is 2.33. The van der Waals surface area contributed by atoms with Crippen LogP contribution in [0.4, 0.5) is 4.39 Å². The van der Waals surface area contributed by atoms with E-state index in [1.807, 2.05) is 30.3 Å². The monoisotopic (exact) mass is 211 g/mol. The number of halogens is 1. The molecule has 0 N–H and O–H groups in total. The van der Waals surface area contributed by atoms with Gasteiger partial charge in [0.2, 0.25) is 0 Å². The zero-order valence-corrected chi connectivity index (χ0v) is 8.39. The van der Waals surface area contributed by atoms with Crippen LogP contribution in [0.3, 0.4) is 0 Å². The number of hydrogen-bond donors (Lipinski definition) is 0. The summed E-state index contributed by atoms with van der Waals surface area (Å²) >= 11 is 0. The average molecular weight is 211 g/mol. The molecule has 0 aliphatic rings. The smallest absolute Gasteiger partial charge is 0.149 e. The molecule has 3 aromatic rings. The first-order valence-corrected chi connectivity index (χ1v) is 4.95. The molecule has 1 radical (unpaired) electrons. The molecule has 0 unspecified atom stereocenters. The maximum absolute atomic E-state index is 13.4. The van der Waals surface area contributed by atoms with Crippen LogP contribution in [0.25, 0.3) is 16.8 Å². The minimum absolute atomic E-state index is 0.308. The predicted octanol–water partition coefficient (Wildman–Crippen LogP) is 2.94. The van der Waals surface area contributed by atoms with Crippen LogP contribution in [0.5, 0.6) is 0 Å². The van der Waals surface area contributed by atoms with Crippen LogP contribution in [0.2, 0.25) is 0 Å². The van der Waals surface area contributed by atoms with E-state index in [1.165, 1.54) is 12.3 Å². The molecule has 0 saturated carbocycles. The Morgan fingerprint density at radius 3 is 2.69 bits per heavy atom. The minimum atomic E-state index is -0.308. The molecule has 0 spiro atoms. The largest absolute Gasteiger partial charge is 0.229 e. The topological polar surface area (TPSA) is 17.3 Å². The van der Waals surface area contributed by atoms with Crippen molar-refractivity contribution in [2.75, 3.05) is 0 Å². The lowest BCUT2D eigenvalue weighted by Crippen LogP contribution is -1.95. The number of benzene rings is 1. The number of fused-ring (bicyclic) bond motifs is 1. The van der Waals surface area contributed by atoms with E-state index < -0.39 is 0 Å². The Morgan fingerprint density at radius 2 is 1.88 bits per heavy atom. The van der Waals surface area contributed by atoms with E-state index in [4.69, 9.17) is 0 Å². The van der Waals surface area contributed by atoms with Gasteiger partial charge in [0.05, 0.1) is 11.9 Å². The molecule has 77 valence electrons. The third-order valence-electron chi connectivity index (χ3n) is 2.50. The van der Waals surface area contributed by atoms with Gasteiger partial charge in [-0.3, -0.25) is 0 Å². The summed E-state index contributed by atoms with van der Waals surface area (Å²) < 4.78 is 15.0. The van der Waals surface area contributed by atoms with Crippen LogP contribution in [-0.4, -0.2) is 9.61 Å². The summed E-state index contributed by atoms with van der Waals surface area (Å²) in [4.78, 5) is 0. The van der Waals surface area contributed by atoms with Gasteiger partial charge in [-0.2, -0.15) is 5.10 Å². The minimum Gasteiger partial charge on any atom is -0.229 e. The molecule has 0 aliphatic heterocycles. The number of aromatic nitrogens is 2. The summed E-state index contributed by atoms with van der Waals surface area (Å²) in [5.74, 6) is -0.308. The van der Waals surface area contributed by atoms with Crippen LogP contribution in [0, 0.1) is 11.9 Å². The Bertz CT molecular complexity index is 629. The first-order chi connectivity index (χ1) is 7.86. The van der Waals surface area contributed by atoms with E-state index in [1.54, 1.807) is 10.6 Å². The van der Waals surface area contributed by atoms with E-state index in [-0.39, 0.29) is 5.82 Å². The van der Waals surface area contributed by atoms with E-state index in [2.05, 4.69) is 11.2 Å². The third-order valence-corrected chi connectivity index (χ3v) is 2.50. The highest BCUT2D eigenvalue weighted by molar-refractivity contribution is 5.64. The van der Waals surface area contributed by atoms with Gasteiger partial charge in [-0.25, -0.2) is 8.91 Å². The highest BCUT2D eigenvalue weighted by atomic mass is 19.1. The summed E-state index contributed by atoms with van der Waals surface area (Å²) in [7, 11) is 0. The summed E-state index contributed by atoms with van der Waals surface area (Å²) in [5, 5.41) is 4.08. The van der Waals surface area contributed by atoms with Gasteiger partial charge in [-0.05, 0) is 12.1 Å². The molecule has 1 aromatic carbocycles. The van der Waals surface area contributed by atoms with Crippen molar-refractivity contribution in [3.63, 3.8) is 0 Å². The molecule has 2 aromatic heterocycles. The summed E-state index contributed by atoms with van der Waals surface area (Å²) in [5.41, 5.74) is 2.24. The maximum Gasteiger partial charge on any atom is 0.149 e. The highest BCUT2D eigenvalue weighted by Gasteiger charge is 2.07. The predicted molar refractivity (Wildman–Crippen MR) is 59.4 cm³/mol. The van der Waals surface area contributed by atoms with Gasteiger partial charge >= 0.3 is 0 Å². The second-order valence-corrected chi connectivity index (χ2v) is 3.48. The van der Waals surface area contributed by atoms with Crippen molar-refractivity contribution < 1.29 is 4.39 Å². The fourth-order valence-electron chi connectivity index (χ4n) is 1.75. The lowest BCUT2D eigenvalue weighted by Gasteiger charge is -2.05. The average Bonchev–Trinajstić information content (AvgIpc) is 2.81. The van der Waals surface area contributed by atoms with Crippen LogP contribution in [-0.2, 0) is 0 Å². The van der Waals surface area contributed by atoms with Crippen LogP contribution in [0.15, 0.2) is 48.7 Å². The Kier molecular flexibility index (Phi) is 1.96. The van der Waals surface area contributed by atoms with Crippen molar-refractivity contribution >= 4 is 5.52 Å².